The Balaban J connectivity index is 1.48. The van der Waals surface area contributed by atoms with E-state index in [0.717, 1.165) is 42.6 Å². The lowest BCUT2D eigenvalue weighted by Crippen LogP contribution is -2.51. The van der Waals surface area contributed by atoms with E-state index in [4.69, 9.17) is 0 Å². The van der Waals surface area contributed by atoms with E-state index >= 15 is 0 Å². The first-order chi connectivity index (χ1) is 13.8. The molecule has 1 saturated heterocycles. The number of rotatable bonds is 5. The molecule has 29 heavy (non-hydrogen) atoms. The van der Waals surface area contributed by atoms with Gasteiger partial charge in [0, 0.05) is 50.2 Å². The summed E-state index contributed by atoms with van der Waals surface area (Å²) in [6.45, 7) is 4.46. The summed E-state index contributed by atoms with van der Waals surface area (Å²) < 4.78 is 37.9. The zero-order valence-corrected chi connectivity index (χ0v) is 17.4. The number of anilines is 1. The maximum absolute atomic E-state index is 12.6. The molecule has 0 amide bonds. The number of hydrogen-bond acceptors (Lipinski definition) is 4. The van der Waals surface area contributed by atoms with Crippen LogP contribution >= 0.6 is 11.3 Å². The number of guanidine groups is 1. The second-order valence-corrected chi connectivity index (χ2v) is 8.08. The lowest BCUT2D eigenvalue weighted by atomic mass is 10.0. The highest BCUT2D eigenvalue weighted by Gasteiger charge is 2.33. The summed E-state index contributed by atoms with van der Waals surface area (Å²) >= 11 is 1.03. The van der Waals surface area contributed by atoms with Crippen LogP contribution in [-0.2, 0) is 12.6 Å². The van der Waals surface area contributed by atoms with Crippen molar-refractivity contribution in [3.8, 4) is 0 Å². The number of aromatic nitrogens is 1. The molecule has 1 atom stereocenters. The lowest BCUT2D eigenvalue weighted by Gasteiger charge is -2.35. The number of nitrogens with one attached hydrogen (secondary N) is 2. The number of alkyl halides is 3. The van der Waals surface area contributed by atoms with Crippen LogP contribution < -0.4 is 15.5 Å². The van der Waals surface area contributed by atoms with Gasteiger partial charge in [-0.05, 0) is 31.9 Å². The summed E-state index contributed by atoms with van der Waals surface area (Å²) in [4.78, 5) is 10.3. The van der Waals surface area contributed by atoms with Gasteiger partial charge in [0.1, 0.15) is 0 Å². The van der Waals surface area contributed by atoms with E-state index in [-0.39, 0.29) is 6.04 Å². The molecule has 0 bridgehead atoms. The van der Waals surface area contributed by atoms with E-state index < -0.39 is 11.9 Å². The highest BCUT2D eigenvalue weighted by atomic mass is 32.1. The molecule has 9 heteroatoms. The highest BCUT2D eigenvalue weighted by Crippen LogP contribution is 2.30. The number of aryl methyl sites for hydroxylation is 1. The molecule has 0 aliphatic carbocycles. The average Bonchev–Trinajstić information content (AvgIpc) is 3.17. The Hall–Kier alpha value is -2.29. The van der Waals surface area contributed by atoms with Gasteiger partial charge < -0.3 is 15.5 Å². The third-order valence-corrected chi connectivity index (χ3v) is 5.77. The molecule has 1 aliphatic heterocycles. The maximum Gasteiger partial charge on any atom is 0.434 e. The highest BCUT2D eigenvalue weighted by molar-refractivity contribution is 7.09. The monoisotopic (exact) mass is 425 g/mol. The van der Waals surface area contributed by atoms with Crippen molar-refractivity contribution >= 4 is 23.0 Å². The Bertz CT molecular complexity index is 816. The number of hydrogen-bond donors (Lipinski definition) is 2. The number of thiazole rings is 1. The number of nitrogens with zero attached hydrogens (tertiary/aromatic N) is 3. The van der Waals surface area contributed by atoms with Crippen molar-refractivity contribution in [3.05, 3.63) is 45.9 Å². The van der Waals surface area contributed by atoms with Gasteiger partial charge in [-0.3, -0.25) is 4.99 Å². The SMILES string of the molecule is CN=C(NCCc1nc(C(F)(F)F)cs1)NC1CCCN(c2ccc(C)cc2)C1. The molecule has 5 nitrogen and oxygen atoms in total. The molecule has 2 aromatic rings. The van der Waals surface area contributed by atoms with Gasteiger partial charge in [0.2, 0.25) is 0 Å². The molecule has 1 aromatic heterocycles. The zero-order chi connectivity index (χ0) is 20.9. The number of aliphatic imine (C=N–C) groups is 1. The Kier molecular flexibility index (Phi) is 7.00. The van der Waals surface area contributed by atoms with Crippen LogP contribution in [0.5, 0.6) is 0 Å². The molecule has 1 aliphatic rings. The fourth-order valence-corrected chi connectivity index (χ4v) is 4.12. The van der Waals surface area contributed by atoms with E-state index in [1.165, 1.54) is 11.3 Å². The molecule has 0 saturated carbocycles. The number of benzene rings is 1. The quantitative estimate of drug-likeness (QED) is 0.565. The van der Waals surface area contributed by atoms with Crippen LogP contribution in [0.15, 0.2) is 34.6 Å². The normalized spacial score (nSPS) is 18.0. The van der Waals surface area contributed by atoms with Crippen LogP contribution in [0.25, 0.3) is 0 Å². The molecule has 0 radical (unpaired) electrons. The van der Waals surface area contributed by atoms with Gasteiger partial charge in [0.25, 0.3) is 0 Å². The predicted molar refractivity (Wildman–Crippen MR) is 112 cm³/mol. The van der Waals surface area contributed by atoms with Crippen LogP contribution in [0.1, 0.15) is 29.1 Å². The van der Waals surface area contributed by atoms with Gasteiger partial charge in [-0.1, -0.05) is 17.7 Å². The summed E-state index contributed by atoms with van der Waals surface area (Å²) in [5.41, 5.74) is 1.64. The summed E-state index contributed by atoms with van der Waals surface area (Å²) in [7, 11) is 1.70. The smallest absolute Gasteiger partial charge is 0.369 e. The molecular formula is C20H26F3N5S. The number of halogens is 3. The Morgan fingerprint density at radius 1 is 1.31 bits per heavy atom. The van der Waals surface area contributed by atoms with Gasteiger partial charge in [-0.2, -0.15) is 13.2 Å². The third-order valence-electron chi connectivity index (χ3n) is 4.86. The van der Waals surface area contributed by atoms with Crippen molar-refractivity contribution < 1.29 is 13.2 Å². The van der Waals surface area contributed by atoms with E-state index in [0.29, 0.717) is 23.9 Å². The molecule has 1 aromatic carbocycles. The first-order valence-corrected chi connectivity index (χ1v) is 10.5. The standard InChI is InChI=1S/C20H26F3N5S/c1-14-5-7-16(8-6-14)28-11-3-4-15(12-28)26-19(24-2)25-10-9-18-27-17(13-29-18)20(21,22)23/h5-8,13,15H,3-4,9-12H2,1-2H3,(H2,24,25,26). The van der Waals surface area contributed by atoms with Crippen LogP contribution in [0.4, 0.5) is 18.9 Å². The van der Waals surface area contributed by atoms with Crippen molar-refractivity contribution in [1.82, 2.24) is 15.6 Å². The fraction of sp³-hybridized carbons (Fsp3) is 0.500. The second-order valence-electron chi connectivity index (χ2n) is 7.14. The minimum atomic E-state index is -4.38. The topological polar surface area (TPSA) is 52.6 Å². The number of piperidine rings is 1. The predicted octanol–water partition coefficient (Wildman–Crippen LogP) is 3.85. The summed E-state index contributed by atoms with van der Waals surface area (Å²) in [6, 6.07) is 8.79. The van der Waals surface area contributed by atoms with Crippen LogP contribution in [0.2, 0.25) is 0 Å². The Morgan fingerprint density at radius 3 is 2.72 bits per heavy atom. The average molecular weight is 426 g/mol. The van der Waals surface area contributed by atoms with Gasteiger partial charge in [-0.25, -0.2) is 4.98 Å². The van der Waals surface area contributed by atoms with Gasteiger partial charge in [0.05, 0.1) is 5.01 Å². The molecule has 1 fully saturated rings. The fourth-order valence-electron chi connectivity index (χ4n) is 3.32. The molecule has 158 valence electrons. The summed E-state index contributed by atoms with van der Waals surface area (Å²) in [5, 5.41) is 8.13. The minimum absolute atomic E-state index is 0.257. The molecule has 1 unspecified atom stereocenters. The first-order valence-electron chi connectivity index (χ1n) is 9.65. The van der Waals surface area contributed by atoms with Crippen molar-refractivity contribution in [2.24, 2.45) is 4.99 Å². The van der Waals surface area contributed by atoms with Crippen molar-refractivity contribution in [1.29, 1.82) is 0 Å². The maximum atomic E-state index is 12.6. The molecular weight excluding hydrogens is 399 g/mol. The molecule has 2 N–H and O–H groups in total. The van der Waals surface area contributed by atoms with E-state index in [2.05, 4.69) is 56.7 Å². The van der Waals surface area contributed by atoms with Crippen LogP contribution in [-0.4, -0.2) is 43.7 Å². The Morgan fingerprint density at radius 2 is 2.07 bits per heavy atom. The van der Waals surface area contributed by atoms with E-state index in [1.807, 2.05) is 0 Å². The van der Waals surface area contributed by atoms with Crippen molar-refractivity contribution in [2.75, 3.05) is 31.6 Å². The van der Waals surface area contributed by atoms with Crippen LogP contribution in [0.3, 0.4) is 0 Å². The van der Waals surface area contributed by atoms with Crippen LogP contribution in [0, 0.1) is 6.92 Å². The molecule has 2 heterocycles. The van der Waals surface area contributed by atoms with Gasteiger partial charge in [-0.15, -0.1) is 11.3 Å². The van der Waals surface area contributed by atoms with Gasteiger partial charge in [0.15, 0.2) is 11.7 Å². The Labute approximate surface area is 173 Å². The molecule has 3 rings (SSSR count). The van der Waals surface area contributed by atoms with Crippen molar-refractivity contribution in [3.63, 3.8) is 0 Å². The first kappa shape index (κ1) is 21.4. The summed E-state index contributed by atoms with van der Waals surface area (Å²) in [6.07, 6.45) is -1.84. The molecule has 0 spiro atoms. The van der Waals surface area contributed by atoms with Gasteiger partial charge >= 0.3 is 6.18 Å². The summed E-state index contributed by atoms with van der Waals surface area (Å²) in [5.74, 6) is 0.661. The third kappa shape index (κ3) is 6.09. The van der Waals surface area contributed by atoms with E-state index in [9.17, 15) is 13.2 Å². The van der Waals surface area contributed by atoms with Crippen molar-refractivity contribution in [2.45, 2.75) is 38.4 Å². The lowest BCUT2D eigenvalue weighted by molar-refractivity contribution is -0.140. The zero-order valence-electron chi connectivity index (χ0n) is 16.6. The second kappa shape index (κ2) is 9.47. The minimum Gasteiger partial charge on any atom is -0.369 e. The van der Waals surface area contributed by atoms with E-state index in [1.54, 1.807) is 7.05 Å². The largest absolute Gasteiger partial charge is 0.434 e.